The normalized spacial score (nSPS) is 10.9. The number of halogens is 1. The molecule has 0 amide bonds. The third kappa shape index (κ3) is 1.65. The number of phenols is 1. The highest BCUT2D eigenvalue weighted by Gasteiger charge is 2.09. The van der Waals surface area contributed by atoms with Crippen molar-refractivity contribution < 1.29 is 5.11 Å². The predicted molar refractivity (Wildman–Crippen MR) is 68.2 cm³/mol. The van der Waals surface area contributed by atoms with Crippen molar-refractivity contribution in [2.75, 3.05) is 0 Å². The number of aromatic amines is 1. The summed E-state index contributed by atoms with van der Waals surface area (Å²) in [5.41, 5.74) is 2.43. The van der Waals surface area contributed by atoms with Gasteiger partial charge in [0.1, 0.15) is 17.0 Å². The maximum atomic E-state index is 9.68. The zero-order valence-corrected chi connectivity index (χ0v) is 9.57. The lowest BCUT2D eigenvalue weighted by Gasteiger charge is -1.98. The van der Waals surface area contributed by atoms with Crippen LogP contribution in [0.4, 0.5) is 0 Å². The van der Waals surface area contributed by atoms with Crippen LogP contribution < -0.4 is 0 Å². The van der Waals surface area contributed by atoms with Crippen LogP contribution in [0, 0.1) is 0 Å². The molecule has 0 radical (unpaired) electrons. The Bertz CT molecular complexity index is 673. The van der Waals surface area contributed by atoms with Gasteiger partial charge in [0.05, 0.1) is 0 Å². The molecule has 2 N–H and O–H groups in total. The number of aromatic nitrogens is 2. The summed E-state index contributed by atoms with van der Waals surface area (Å²) in [5.74, 6) is 0.204. The molecule has 1 heterocycles. The van der Waals surface area contributed by atoms with Crippen molar-refractivity contribution >= 4 is 22.5 Å². The van der Waals surface area contributed by atoms with E-state index in [9.17, 15) is 5.11 Å². The van der Waals surface area contributed by atoms with Crippen LogP contribution in [0.25, 0.3) is 22.2 Å². The maximum Gasteiger partial charge on any atom is 0.141 e. The average Bonchev–Trinajstić information content (AvgIpc) is 2.75. The van der Waals surface area contributed by atoms with Gasteiger partial charge in [0.15, 0.2) is 0 Å². The Morgan fingerprint density at radius 2 is 1.82 bits per heavy atom. The summed E-state index contributed by atoms with van der Waals surface area (Å²) in [6, 6.07) is 12.8. The molecule has 0 aliphatic rings. The molecular formula is C13H9ClN2O. The number of nitrogens with zero attached hydrogens (tertiary/aromatic N) is 1. The van der Waals surface area contributed by atoms with Crippen molar-refractivity contribution in [1.82, 2.24) is 10.2 Å². The number of phenolic OH excluding ortho intramolecular Hbond substituents is 1. The van der Waals surface area contributed by atoms with Crippen molar-refractivity contribution in [1.29, 1.82) is 0 Å². The van der Waals surface area contributed by atoms with Gasteiger partial charge in [0.25, 0.3) is 0 Å². The van der Waals surface area contributed by atoms with E-state index >= 15 is 0 Å². The second kappa shape index (κ2) is 3.79. The lowest BCUT2D eigenvalue weighted by molar-refractivity contribution is 0.480. The van der Waals surface area contributed by atoms with Crippen LogP contribution in [0.15, 0.2) is 42.5 Å². The number of aromatic hydroxyl groups is 1. The summed E-state index contributed by atoms with van der Waals surface area (Å²) < 4.78 is 0. The van der Waals surface area contributed by atoms with Crippen molar-refractivity contribution in [3.05, 3.63) is 47.5 Å². The third-order valence-corrected chi connectivity index (χ3v) is 2.95. The number of benzene rings is 2. The lowest BCUT2D eigenvalue weighted by Crippen LogP contribution is -1.78. The topological polar surface area (TPSA) is 48.9 Å². The van der Waals surface area contributed by atoms with Crippen LogP contribution in [-0.2, 0) is 0 Å². The number of hydrogen-bond acceptors (Lipinski definition) is 2. The Labute approximate surface area is 103 Å². The lowest BCUT2D eigenvalue weighted by atomic mass is 10.1. The van der Waals surface area contributed by atoms with Crippen LogP contribution >= 0.6 is 11.6 Å². The first-order valence-electron chi connectivity index (χ1n) is 5.18. The van der Waals surface area contributed by atoms with Crippen molar-refractivity contribution in [2.45, 2.75) is 0 Å². The van der Waals surface area contributed by atoms with E-state index in [4.69, 9.17) is 11.6 Å². The van der Waals surface area contributed by atoms with Gasteiger partial charge in [-0.2, -0.15) is 5.10 Å². The molecule has 2 aromatic carbocycles. The molecule has 4 heteroatoms. The summed E-state index contributed by atoms with van der Waals surface area (Å²) in [6.45, 7) is 0. The minimum absolute atomic E-state index is 0.204. The fourth-order valence-corrected chi connectivity index (χ4v) is 1.98. The van der Waals surface area contributed by atoms with Crippen LogP contribution in [0.3, 0.4) is 0 Å². The van der Waals surface area contributed by atoms with Gasteiger partial charge in [-0.15, -0.1) is 0 Å². The van der Waals surface area contributed by atoms with E-state index in [1.165, 1.54) is 0 Å². The first-order chi connectivity index (χ1) is 8.25. The molecule has 3 rings (SSSR count). The SMILES string of the molecule is Oc1cccc2c(-c3ccc(Cl)cc3)n[nH]c12. The van der Waals surface area contributed by atoms with Crippen molar-refractivity contribution in [2.24, 2.45) is 0 Å². The molecule has 84 valence electrons. The first-order valence-corrected chi connectivity index (χ1v) is 5.55. The van der Waals surface area contributed by atoms with Crippen LogP contribution in [-0.4, -0.2) is 15.3 Å². The van der Waals surface area contributed by atoms with Crippen molar-refractivity contribution in [3.63, 3.8) is 0 Å². The van der Waals surface area contributed by atoms with Crippen LogP contribution in [0.5, 0.6) is 5.75 Å². The fourth-order valence-electron chi connectivity index (χ4n) is 1.85. The molecule has 0 saturated heterocycles. The van der Waals surface area contributed by atoms with Gasteiger partial charge in [0.2, 0.25) is 0 Å². The maximum absolute atomic E-state index is 9.68. The second-order valence-electron chi connectivity index (χ2n) is 3.78. The number of nitrogens with one attached hydrogen (secondary N) is 1. The highest BCUT2D eigenvalue weighted by molar-refractivity contribution is 6.30. The fraction of sp³-hybridized carbons (Fsp3) is 0. The standard InChI is InChI=1S/C13H9ClN2O/c14-9-6-4-8(5-7-9)12-10-2-1-3-11(17)13(10)16-15-12/h1-7,17H,(H,15,16). The smallest absolute Gasteiger partial charge is 0.141 e. The van der Waals surface area contributed by atoms with E-state index in [1.54, 1.807) is 12.1 Å². The summed E-state index contributed by atoms with van der Waals surface area (Å²) in [5, 5.41) is 18.3. The molecule has 0 fully saturated rings. The molecule has 0 saturated carbocycles. The van der Waals surface area contributed by atoms with Gasteiger partial charge in [0, 0.05) is 16.0 Å². The molecule has 0 spiro atoms. The summed E-state index contributed by atoms with van der Waals surface area (Å²) in [7, 11) is 0. The quantitative estimate of drug-likeness (QED) is 0.687. The Morgan fingerprint density at radius 1 is 1.06 bits per heavy atom. The number of fused-ring (bicyclic) bond motifs is 1. The number of para-hydroxylation sites is 1. The minimum atomic E-state index is 0.204. The Kier molecular flexibility index (Phi) is 2.27. The number of hydrogen-bond donors (Lipinski definition) is 2. The van der Waals surface area contributed by atoms with Gasteiger partial charge >= 0.3 is 0 Å². The number of H-pyrrole nitrogens is 1. The van der Waals surface area contributed by atoms with Crippen molar-refractivity contribution in [3.8, 4) is 17.0 Å². The third-order valence-electron chi connectivity index (χ3n) is 2.69. The van der Waals surface area contributed by atoms with E-state index in [2.05, 4.69) is 10.2 Å². The summed E-state index contributed by atoms with van der Waals surface area (Å²) in [6.07, 6.45) is 0. The molecule has 0 atom stereocenters. The van der Waals surface area contributed by atoms with Gasteiger partial charge in [-0.25, -0.2) is 0 Å². The first kappa shape index (κ1) is 10.2. The monoisotopic (exact) mass is 244 g/mol. The molecule has 0 aliphatic carbocycles. The molecule has 3 aromatic rings. The highest BCUT2D eigenvalue weighted by Crippen LogP contribution is 2.31. The van der Waals surface area contributed by atoms with Gasteiger partial charge in [-0.1, -0.05) is 35.9 Å². The minimum Gasteiger partial charge on any atom is -0.506 e. The van der Waals surface area contributed by atoms with E-state index in [0.717, 1.165) is 16.6 Å². The second-order valence-corrected chi connectivity index (χ2v) is 4.22. The van der Waals surface area contributed by atoms with Gasteiger partial charge < -0.3 is 5.11 Å². The zero-order valence-electron chi connectivity index (χ0n) is 8.81. The molecule has 0 bridgehead atoms. The molecule has 1 aromatic heterocycles. The Balaban J connectivity index is 2.24. The zero-order chi connectivity index (χ0) is 11.8. The van der Waals surface area contributed by atoms with E-state index in [0.29, 0.717) is 10.5 Å². The number of rotatable bonds is 1. The molecule has 0 aliphatic heterocycles. The molecule has 17 heavy (non-hydrogen) atoms. The molecule has 0 unspecified atom stereocenters. The average molecular weight is 245 g/mol. The van der Waals surface area contributed by atoms with Gasteiger partial charge in [-0.3, -0.25) is 5.10 Å². The Morgan fingerprint density at radius 3 is 2.59 bits per heavy atom. The summed E-state index contributed by atoms with van der Waals surface area (Å²) in [4.78, 5) is 0. The van der Waals surface area contributed by atoms with Crippen LogP contribution in [0.2, 0.25) is 5.02 Å². The van der Waals surface area contributed by atoms with E-state index in [1.807, 2.05) is 30.3 Å². The van der Waals surface area contributed by atoms with E-state index in [-0.39, 0.29) is 5.75 Å². The van der Waals surface area contributed by atoms with Crippen LogP contribution in [0.1, 0.15) is 0 Å². The predicted octanol–water partition coefficient (Wildman–Crippen LogP) is 3.59. The summed E-state index contributed by atoms with van der Waals surface area (Å²) >= 11 is 5.85. The molecular weight excluding hydrogens is 236 g/mol. The van der Waals surface area contributed by atoms with E-state index < -0.39 is 0 Å². The Hall–Kier alpha value is -2.00. The largest absolute Gasteiger partial charge is 0.506 e. The molecule has 3 nitrogen and oxygen atoms in total. The highest BCUT2D eigenvalue weighted by atomic mass is 35.5. The van der Waals surface area contributed by atoms with Gasteiger partial charge in [-0.05, 0) is 18.2 Å².